The first kappa shape index (κ1) is 23.3. The Hall–Kier alpha value is -0.733. The molecule has 0 aliphatic heterocycles. The van der Waals surface area contributed by atoms with Crippen molar-refractivity contribution < 1.29 is 13.3 Å². The molecule has 1 aromatic carbocycles. The molecule has 0 saturated carbocycles. The molecule has 0 spiro atoms. The summed E-state index contributed by atoms with van der Waals surface area (Å²) >= 11 is 0. The van der Waals surface area contributed by atoms with Crippen LogP contribution in [-0.2, 0) is 13.3 Å². The van der Waals surface area contributed by atoms with Gasteiger partial charge in [0.15, 0.2) is 0 Å². The molecule has 2 N–H and O–H groups in total. The first-order valence-corrected chi connectivity index (χ1v) is 9.91. The number of benzene rings is 1. The van der Waals surface area contributed by atoms with Crippen LogP contribution in [0.15, 0.2) is 43.0 Å². The third-order valence-electron chi connectivity index (χ3n) is 3.83. The minimum absolute atomic E-state index is 0. The quantitative estimate of drug-likeness (QED) is 0.316. The highest BCUT2D eigenvalue weighted by Crippen LogP contribution is 2.14. The zero-order valence-electron chi connectivity index (χ0n) is 14.9. The Morgan fingerprint density at radius 1 is 1.04 bits per heavy atom. The summed E-state index contributed by atoms with van der Waals surface area (Å²) in [5, 5.41) is 6.90. The summed E-state index contributed by atoms with van der Waals surface area (Å²) < 4.78 is 16.2. The number of hydrogen-bond donors (Lipinski definition) is 2. The topological polar surface area (TPSA) is 51.8 Å². The molecule has 0 amide bonds. The van der Waals surface area contributed by atoms with E-state index < -0.39 is 8.80 Å². The van der Waals surface area contributed by atoms with Gasteiger partial charge in [0, 0.05) is 40.5 Å². The molecule has 0 heterocycles. The van der Waals surface area contributed by atoms with Gasteiger partial charge in [-0.2, -0.15) is 0 Å². The van der Waals surface area contributed by atoms with E-state index in [4.69, 9.17) is 13.3 Å². The van der Waals surface area contributed by atoms with Crippen molar-refractivity contribution in [3.63, 3.8) is 0 Å². The van der Waals surface area contributed by atoms with E-state index in [1.54, 1.807) is 21.3 Å². The highest BCUT2D eigenvalue weighted by Gasteiger charge is 2.36. The molecule has 5 nitrogen and oxygen atoms in total. The molecule has 1 atom stereocenters. The molecule has 0 radical (unpaired) electrons. The lowest BCUT2D eigenvalue weighted by Gasteiger charge is -2.24. The van der Waals surface area contributed by atoms with Crippen molar-refractivity contribution in [2.24, 2.45) is 0 Å². The summed E-state index contributed by atoms with van der Waals surface area (Å²) in [6.07, 6.45) is 2.90. The van der Waals surface area contributed by atoms with Crippen molar-refractivity contribution in [2.45, 2.75) is 18.5 Å². The third-order valence-corrected chi connectivity index (χ3v) is 6.66. The van der Waals surface area contributed by atoms with E-state index >= 15 is 0 Å². The number of nitrogens with one attached hydrogen (secondary N) is 2. The molecular formula is C17H31ClN2O3Si. The van der Waals surface area contributed by atoms with E-state index in [9.17, 15) is 0 Å². The zero-order valence-corrected chi connectivity index (χ0v) is 16.7. The van der Waals surface area contributed by atoms with Crippen LogP contribution < -0.4 is 10.6 Å². The molecule has 0 aromatic heterocycles. The summed E-state index contributed by atoms with van der Waals surface area (Å²) in [5.41, 5.74) is 1.23. The van der Waals surface area contributed by atoms with Crippen LogP contribution in [0.25, 0.3) is 0 Å². The molecule has 1 aromatic rings. The fraction of sp³-hybridized carbons (Fsp3) is 0.529. The van der Waals surface area contributed by atoms with Crippen LogP contribution in [-0.4, -0.2) is 49.8 Å². The minimum Gasteiger partial charge on any atom is -0.377 e. The first-order valence-electron chi connectivity index (χ1n) is 7.98. The van der Waals surface area contributed by atoms with Crippen LogP contribution in [0, 0.1) is 0 Å². The van der Waals surface area contributed by atoms with Crippen LogP contribution in [0.4, 0.5) is 0 Å². The molecule has 7 heteroatoms. The molecule has 1 unspecified atom stereocenters. The van der Waals surface area contributed by atoms with Gasteiger partial charge in [0.05, 0.1) is 6.04 Å². The standard InChI is InChI=1S/C17H30N2O3Si.ClH/c1-5-17(16-10-7-6-8-11-16)19-14-13-18-12-9-15-23(20-2,21-3)22-4;/h5-8,10-11,17-19H,1,9,12-15H2,2-4H3;1H. The summed E-state index contributed by atoms with van der Waals surface area (Å²) in [4.78, 5) is 0. The predicted molar refractivity (Wildman–Crippen MR) is 104 cm³/mol. The van der Waals surface area contributed by atoms with E-state index in [1.807, 2.05) is 24.3 Å². The minimum atomic E-state index is -2.42. The van der Waals surface area contributed by atoms with Crippen LogP contribution in [0.1, 0.15) is 18.0 Å². The van der Waals surface area contributed by atoms with E-state index in [0.29, 0.717) is 0 Å². The van der Waals surface area contributed by atoms with Crippen molar-refractivity contribution in [2.75, 3.05) is 41.0 Å². The Labute approximate surface area is 153 Å². The normalized spacial score (nSPS) is 12.5. The Morgan fingerprint density at radius 3 is 2.21 bits per heavy atom. The van der Waals surface area contributed by atoms with Crippen LogP contribution in [0.3, 0.4) is 0 Å². The maximum Gasteiger partial charge on any atom is 0.500 e. The largest absolute Gasteiger partial charge is 0.500 e. The van der Waals surface area contributed by atoms with Crippen molar-refractivity contribution in [1.29, 1.82) is 0 Å². The molecule has 0 aliphatic rings. The van der Waals surface area contributed by atoms with Gasteiger partial charge in [-0.15, -0.1) is 19.0 Å². The van der Waals surface area contributed by atoms with E-state index in [2.05, 4.69) is 29.3 Å². The monoisotopic (exact) mass is 374 g/mol. The van der Waals surface area contributed by atoms with E-state index in [1.165, 1.54) is 5.56 Å². The molecule has 138 valence electrons. The lowest BCUT2D eigenvalue weighted by Crippen LogP contribution is -2.43. The van der Waals surface area contributed by atoms with Crippen molar-refractivity contribution in [3.8, 4) is 0 Å². The van der Waals surface area contributed by atoms with Crippen molar-refractivity contribution >= 4 is 21.2 Å². The number of hydrogen-bond acceptors (Lipinski definition) is 5. The Balaban J connectivity index is 0.00000529. The van der Waals surface area contributed by atoms with Crippen LogP contribution in [0.5, 0.6) is 0 Å². The van der Waals surface area contributed by atoms with E-state index in [-0.39, 0.29) is 18.4 Å². The lowest BCUT2D eigenvalue weighted by atomic mass is 10.1. The van der Waals surface area contributed by atoms with Gasteiger partial charge in [0.25, 0.3) is 0 Å². The second kappa shape index (κ2) is 13.5. The highest BCUT2D eigenvalue weighted by atomic mass is 35.5. The molecule has 0 bridgehead atoms. The SMILES string of the molecule is C=CC(NCCNCCC[Si](OC)(OC)OC)c1ccccc1.Cl. The van der Waals surface area contributed by atoms with E-state index in [0.717, 1.165) is 32.1 Å². The highest BCUT2D eigenvalue weighted by molar-refractivity contribution is 6.60. The fourth-order valence-corrected chi connectivity index (χ4v) is 4.15. The van der Waals surface area contributed by atoms with Gasteiger partial charge >= 0.3 is 8.80 Å². The smallest absolute Gasteiger partial charge is 0.377 e. The van der Waals surface area contributed by atoms with Crippen LogP contribution >= 0.6 is 12.4 Å². The average Bonchev–Trinajstić information content (AvgIpc) is 2.62. The molecule has 0 fully saturated rings. The Bertz CT molecular complexity index is 425. The number of halogens is 1. The average molecular weight is 375 g/mol. The third kappa shape index (κ3) is 7.89. The Kier molecular flexibility index (Phi) is 13.1. The summed E-state index contributed by atoms with van der Waals surface area (Å²) in [5.74, 6) is 0. The van der Waals surface area contributed by atoms with Gasteiger partial charge in [-0.25, -0.2) is 0 Å². The Morgan fingerprint density at radius 2 is 1.67 bits per heavy atom. The second-order valence-electron chi connectivity index (χ2n) is 5.23. The molecule has 0 saturated heterocycles. The first-order chi connectivity index (χ1) is 11.2. The summed E-state index contributed by atoms with van der Waals surface area (Å²) in [6, 6.07) is 11.3. The predicted octanol–water partition coefficient (Wildman–Crippen LogP) is 2.78. The van der Waals surface area contributed by atoms with Gasteiger partial charge in [0.2, 0.25) is 0 Å². The molecule has 24 heavy (non-hydrogen) atoms. The van der Waals surface area contributed by atoms with Gasteiger partial charge < -0.3 is 23.9 Å². The van der Waals surface area contributed by atoms with Crippen molar-refractivity contribution in [1.82, 2.24) is 10.6 Å². The lowest BCUT2D eigenvalue weighted by molar-refractivity contribution is 0.123. The maximum atomic E-state index is 5.40. The van der Waals surface area contributed by atoms with Gasteiger partial charge in [-0.3, -0.25) is 0 Å². The summed E-state index contributed by atoms with van der Waals surface area (Å²) in [6.45, 7) is 6.60. The van der Waals surface area contributed by atoms with Crippen LogP contribution in [0.2, 0.25) is 6.04 Å². The summed E-state index contributed by atoms with van der Waals surface area (Å²) in [7, 11) is 2.52. The molecule has 0 aliphatic carbocycles. The van der Waals surface area contributed by atoms with Gasteiger partial charge in [0.1, 0.15) is 0 Å². The number of rotatable bonds is 13. The maximum absolute atomic E-state index is 5.40. The molecule has 1 rings (SSSR count). The molecular weight excluding hydrogens is 344 g/mol. The van der Waals surface area contributed by atoms with Gasteiger partial charge in [-0.1, -0.05) is 36.4 Å². The fourth-order valence-electron chi connectivity index (χ4n) is 2.42. The zero-order chi connectivity index (χ0) is 17.0. The second-order valence-corrected chi connectivity index (χ2v) is 8.32. The van der Waals surface area contributed by atoms with Crippen molar-refractivity contribution in [3.05, 3.63) is 48.6 Å². The van der Waals surface area contributed by atoms with Gasteiger partial charge in [-0.05, 0) is 18.5 Å².